The molecule has 0 fully saturated rings. The molecule has 0 atom stereocenters. The summed E-state index contributed by atoms with van der Waals surface area (Å²) in [6.07, 6.45) is 0.529. The van der Waals surface area contributed by atoms with E-state index >= 15 is 0 Å². The second-order valence-corrected chi connectivity index (χ2v) is 7.11. The first-order valence-electron chi connectivity index (χ1n) is 6.68. The maximum Gasteiger partial charge on any atom is 0.277 e. The van der Waals surface area contributed by atoms with Gasteiger partial charge in [0.2, 0.25) is 0 Å². The Labute approximate surface area is 140 Å². The van der Waals surface area contributed by atoms with Crippen molar-refractivity contribution in [2.75, 3.05) is 6.54 Å². The summed E-state index contributed by atoms with van der Waals surface area (Å²) < 4.78 is 28.7. The molecule has 0 heterocycles. The summed E-state index contributed by atoms with van der Waals surface area (Å²) in [5.74, 6) is 0. The van der Waals surface area contributed by atoms with Gasteiger partial charge in [0.15, 0.2) is 0 Å². The normalized spacial score (nSPS) is 11.5. The van der Waals surface area contributed by atoms with Gasteiger partial charge in [0.25, 0.3) is 10.2 Å². The molecule has 2 aromatic carbocycles. The highest BCUT2D eigenvalue weighted by atomic mass is 35.5. The lowest BCUT2D eigenvalue weighted by Gasteiger charge is -2.09. The van der Waals surface area contributed by atoms with Crippen LogP contribution in [-0.4, -0.2) is 15.0 Å². The van der Waals surface area contributed by atoms with Crippen molar-refractivity contribution in [1.82, 2.24) is 9.44 Å². The molecule has 0 aliphatic carbocycles. The largest absolute Gasteiger partial charge is 0.277 e. The third-order valence-corrected chi connectivity index (χ3v) is 4.75. The van der Waals surface area contributed by atoms with E-state index in [-0.39, 0.29) is 13.1 Å². The van der Waals surface area contributed by atoms with Crippen molar-refractivity contribution < 1.29 is 8.42 Å². The van der Waals surface area contributed by atoms with Gasteiger partial charge in [0.05, 0.1) is 0 Å². The van der Waals surface area contributed by atoms with Crippen LogP contribution in [0.25, 0.3) is 0 Å². The number of hydrogen-bond donors (Lipinski definition) is 2. The van der Waals surface area contributed by atoms with Gasteiger partial charge >= 0.3 is 0 Å². The van der Waals surface area contributed by atoms with Gasteiger partial charge in [-0.25, -0.2) is 4.72 Å². The third kappa shape index (κ3) is 5.59. The molecule has 0 aliphatic rings. The molecular weight excluding hydrogens is 343 g/mol. The number of hydrogen-bond acceptors (Lipinski definition) is 2. The Hall–Kier alpha value is -1.11. The van der Waals surface area contributed by atoms with Gasteiger partial charge in [-0.15, -0.1) is 0 Å². The lowest BCUT2D eigenvalue weighted by Crippen LogP contribution is -2.37. The molecule has 0 bridgehead atoms. The first kappa shape index (κ1) is 17.2. The van der Waals surface area contributed by atoms with E-state index in [1.54, 1.807) is 30.3 Å². The van der Waals surface area contributed by atoms with Crippen LogP contribution in [0.15, 0.2) is 48.5 Å². The Bertz CT molecular complexity index is 719. The fourth-order valence-corrected chi connectivity index (χ4v) is 3.04. The molecule has 7 heteroatoms. The molecule has 0 radical (unpaired) electrons. The molecule has 0 unspecified atom stereocenters. The Morgan fingerprint density at radius 3 is 2.27 bits per heavy atom. The van der Waals surface area contributed by atoms with E-state index in [2.05, 4.69) is 9.44 Å². The van der Waals surface area contributed by atoms with Gasteiger partial charge in [-0.2, -0.15) is 13.1 Å². The van der Waals surface area contributed by atoms with Crippen LogP contribution >= 0.6 is 23.2 Å². The van der Waals surface area contributed by atoms with Crippen LogP contribution in [0.4, 0.5) is 0 Å². The molecule has 118 valence electrons. The molecule has 2 rings (SSSR count). The van der Waals surface area contributed by atoms with E-state index in [4.69, 9.17) is 23.2 Å². The molecule has 4 nitrogen and oxygen atoms in total. The number of benzene rings is 2. The molecule has 0 saturated carbocycles. The standard InChI is InChI=1S/C15H16Cl2N2O2S/c16-14-7-5-12(6-8-14)11-19-22(20,21)18-10-9-13-3-1-2-4-15(13)17/h1-8,18-19H,9-11H2. The van der Waals surface area contributed by atoms with Crippen molar-refractivity contribution in [2.45, 2.75) is 13.0 Å². The van der Waals surface area contributed by atoms with Crippen molar-refractivity contribution in [3.05, 3.63) is 69.7 Å². The van der Waals surface area contributed by atoms with Crippen molar-refractivity contribution in [3.8, 4) is 0 Å². The topological polar surface area (TPSA) is 58.2 Å². The monoisotopic (exact) mass is 358 g/mol. The summed E-state index contributed by atoms with van der Waals surface area (Å²) >= 11 is 11.8. The summed E-state index contributed by atoms with van der Waals surface area (Å²) in [7, 11) is -3.55. The molecule has 0 spiro atoms. The predicted octanol–water partition coefficient (Wildman–Crippen LogP) is 3.16. The van der Waals surface area contributed by atoms with Gasteiger partial charge in [-0.3, -0.25) is 0 Å². The minimum atomic E-state index is -3.55. The average molecular weight is 359 g/mol. The van der Waals surface area contributed by atoms with E-state index in [9.17, 15) is 8.42 Å². The van der Waals surface area contributed by atoms with E-state index < -0.39 is 10.2 Å². The maximum atomic E-state index is 11.9. The lowest BCUT2D eigenvalue weighted by molar-refractivity contribution is 0.566. The van der Waals surface area contributed by atoms with Crippen LogP contribution in [0.5, 0.6) is 0 Å². The molecule has 0 saturated heterocycles. The van der Waals surface area contributed by atoms with Crippen LogP contribution in [-0.2, 0) is 23.2 Å². The molecule has 2 N–H and O–H groups in total. The summed E-state index contributed by atoms with van der Waals surface area (Å²) in [6.45, 7) is 0.484. The van der Waals surface area contributed by atoms with Crippen molar-refractivity contribution in [2.24, 2.45) is 0 Å². The molecule has 22 heavy (non-hydrogen) atoms. The first-order valence-corrected chi connectivity index (χ1v) is 8.92. The second-order valence-electron chi connectivity index (χ2n) is 4.69. The van der Waals surface area contributed by atoms with Crippen LogP contribution in [0, 0.1) is 0 Å². The zero-order chi connectivity index (χ0) is 16.0. The van der Waals surface area contributed by atoms with E-state index in [0.29, 0.717) is 16.5 Å². The minimum absolute atomic E-state index is 0.207. The van der Waals surface area contributed by atoms with Crippen molar-refractivity contribution in [3.63, 3.8) is 0 Å². The van der Waals surface area contributed by atoms with Gasteiger partial charge in [-0.1, -0.05) is 53.5 Å². The number of nitrogens with one attached hydrogen (secondary N) is 2. The fourth-order valence-electron chi connectivity index (χ4n) is 1.85. The fraction of sp³-hybridized carbons (Fsp3) is 0.200. The molecule has 0 aliphatic heterocycles. The second kappa shape index (κ2) is 7.94. The van der Waals surface area contributed by atoms with Crippen molar-refractivity contribution in [1.29, 1.82) is 0 Å². The highest BCUT2D eigenvalue weighted by molar-refractivity contribution is 7.87. The Morgan fingerprint density at radius 1 is 0.909 bits per heavy atom. The lowest BCUT2D eigenvalue weighted by atomic mass is 10.1. The van der Waals surface area contributed by atoms with Crippen molar-refractivity contribution >= 4 is 33.4 Å². The summed E-state index contributed by atoms with van der Waals surface area (Å²) in [4.78, 5) is 0. The average Bonchev–Trinajstić information content (AvgIpc) is 2.49. The summed E-state index contributed by atoms with van der Waals surface area (Å²) in [6, 6.07) is 14.3. The van der Waals surface area contributed by atoms with Crippen LogP contribution < -0.4 is 9.44 Å². The Kier molecular flexibility index (Phi) is 6.23. The first-order chi connectivity index (χ1) is 10.5. The van der Waals surface area contributed by atoms with Gasteiger partial charge in [0.1, 0.15) is 0 Å². The minimum Gasteiger partial charge on any atom is -0.202 e. The summed E-state index contributed by atoms with van der Waals surface area (Å²) in [5, 5.41) is 1.25. The molecule has 0 amide bonds. The quantitative estimate of drug-likeness (QED) is 0.798. The van der Waals surface area contributed by atoms with E-state index in [1.807, 2.05) is 18.2 Å². The predicted molar refractivity (Wildman–Crippen MR) is 90.4 cm³/mol. The van der Waals surface area contributed by atoms with E-state index in [0.717, 1.165) is 11.1 Å². The van der Waals surface area contributed by atoms with Gasteiger partial charge in [0, 0.05) is 23.1 Å². The Balaban J connectivity index is 1.81. The number of halogens is 2. The summed E-state index contributed by atoms with van der Waals surface area (Å²) in [5.41, 5.74) is 1.74. The SMILES string of the molecule is O=S(=O)(NCCc1ccccc1Cl)NCc1ccc(Cl)cc1. The highest BCUT2D eigenvalue weighted by Crippen LogP contribution is 2.14. The zero-order valence-electron chi connectivity index (χ0n) is 11.7. The zero-order valence-corrected chi connectivity index (χ0v) is 14.0. The number of rotatable bonds is 7. The van der Waals surface area contributed by atoms with Crippen LogP contribution in [0.3, 0.4) is 0 Å². The van der Waals surface area contributed by atoms with E-state index in [1.165, 1.54) is 0 Å². The third-order valence-electron chi connectivity index (χ3n) is 3.02. The van der Waals surface area contributed by atoms with Gasteiger partial charge < -0.3 is 0 Å². The van der Waals surface area contributed by atoms with Crippen LogP contribution in [0.2, 0.25) is 10.0 Å². The Morgan fingerprint density at radius 2 is 1.59 bits per heavy atom. The molecule has 2 aromatic rings. The highest BCUT2D eigenvalue weighted by Gasteiger charge is 2.09. The maximum absolute atomic E-state index is 11.9. The molecular formula is C15H16Cl2N2O2S. The molecule has 0 aromatic heterocycles. The van der Waals surface area contributed by atoms with Gasteiger partial charge in [-0.05, 0) is 35.7 Å². The van der Waals surface area contributed by atoms with Crippen LogP contribution in [0.1, 0.15) is 11.1 Å². The smallest absolute Gasteiger partial charge is 0.202 e.